The van der Waals surface area contributed by atoms with Gasteiger partial charge in [-0.05, 0) is 39.7 Å². The molecule has 3 rings (SSSR count). The lowest BCUT2D eigenvalue weighted by Gasteiger charge is -2.16. The SMILES string of the molecule is Cc1csc(-c2cc(S(=O)(=O)NC(C)C)cn2CC(=O)N2CCCC2)n1. The van der Waals surface area contributed by atoms with E-state index >= 15 is 0 Å². The zero-order chi connectivity index (χ0) is 18.9. The first kappa shape index (κ1) is 19.1. The molecule has 0 radical (unpaired) electrons. The predicted octanol–water partition coefficient (Wildman–Crippen LogP) is 2.23. The van der Waals surface area contributed by atoms with Crippen molar-refractivity contribution in [1.29, 1.82) is 0 Å². The Kier molecular flexibility index (Phi) is 5.50. The van der Waals surface area contributed by atoms with Gasteiger partial charge in [0.25, 0.3) is 0 Å². The second-order valence-electron chi connectivity index (χ2n) is 6.85. The lowest BCUT2D eigenvalue weighted by atomic mass is 10.4. The van der Waals surface area contributed by atoms with Crippen molar-refractivity contribution in [3.05, 3.63) is 23.3 Å². The van der Waals surface area contributed by atoms with Crippen molar-refractivity contribution >= 4 is 27.3 Å². The Morgan fingerprint density at radius 1 is 1.35 bits per heavy atom. The number of nitrogens with zero attached hydrogens (tertiary/aromatic N) is 3. The monoisotopic (exact) mass is 396 g/mol. The van der Waals surface area contributed by atoms with E-state index in [1.165, 1.54) is 17.5 Å². The molecule has 1 aliphatic heterocycles. The molecule has 1 N–H and O–H groups in total. The summed E-state index contributed by atoms with van der Waals surface area (Å²) in [6.45, 7) is 7.09. The Morgan fingerprint density at radius 3 is 2.62 bits per heavy atom. The molecule has 2 aromatic rings. The van der Waals surface area contributed by atoms with Crippen LogP contribution in [0.1, 0.15) is 32.4 Å². The third-order valence-electron chi connectivity index (χ3n) is 4.18. The van der Waals surface area contributed by atoms with E-state index in [0.717, 1.165) is 31.6 Å². The Bertz CT molecular complexity index is 893. The van der Waals surface area contributed by atoms with Gasteiger partial charge in [-0.2, -0.15) is 0 Å². The van der Waals surface area contributed by atoms with Gasteiger partial charge in [0, 0.05) is 36.4 Å². The molecule has 0 aromatic carbocycles. The third-order valence-corrected chi connectivity index (χ3v) is 6.78. The number of aryl methyl sites for hydroxylation is 1. The summed E-state index contributed by atoms with van der Waals surface area (Å²) in [6.07, 6.45) is 3.58. The molecule has 0 atom stereocenters. The van der Waals surface area contributed by atoms with Crippen molar-refractivity contribution in [1.82, 2.24) is 19.2 Å². The summed E-state index contributed by atoms with van der Waals surface area (Å²) in [5, 5.41) is 2.62. The molecule has 0 unspecified atom stereocenters. The number of hydrogen-bond donors (Lipinski definition) is 1. The average Bonchev–Trinajstić information content (AvgIpc) is 3.25. The number of carbonyl (C=O) groups excluding carboxylic acids is 1. The summed E-state index contributed by atoms with van der Waals surface area (Å²) in [4.78, 5) is 19.0. The van der Waals surface area contributed by atoms with Crippen LogP contribution in [0.4, 0.5) is 0 Å². The second-order valence-corrected chi connectivity index (χ2v) is 9.42. The molecule has 1 aliphatic rings. The second kappa shape index (κ2) is 7.50. The first-order valence-electron chi connectivity index (χ1n) is 8.69. The molecule has 1 amide bonds. The molecule has 0 saturated carbocycles. The van der Waals surface area contributed by atoms with Crippen molar-refractivity contribution in [2.24, 2.45) is 0 Å². The number of amides is 1. The number of nitrogens with one attached hydrogen (secondary N) is 1. The van der Waals surface area contributed by atoms with E-state index in [2.05, 4.69) is 9.71 Å². The predicted molar refractivity (Wildman–Crippen MR) is 102 cm³/mol. The van der Waals surface area contributed by atoms with E-state index in [1.807, 2.05) is 17.2 Å². The highest BCUT2D eigenvalue weighted by Gasteiger charge is 2.24. The van der Waals surface area contributed by atoms with Gasteiger partial charge in [-0.15, -0.1) is 11.3 Å². The largest absolute Gasteiger partial charge is 0.341 e. The van der Waals surface area contributed by atoms with E-state index in [9.17, 15) is 13.2 Å². The van der Waals surface area contributed by atoms with Crippen LogP contribution in [0.15, 0.2) is 22.5 Å². The molecule has 142 valence electrons. The zero-order valence-corrected chi connectivity index (χ0v) is 16.9. The van der Waals surface area contributed by atoms with E-state index in [0.29, 0.717) is 10.7 Å². The molecule has 9 heteroatoms. The van der Waals surface area contributed by atoms with Crippen LogP contribution in [0, 0.1) is 6.92 Å². The Hall–Kier alpha value is -1.71. The summed E-state index contributed by atoms with van der Waals surface area (Å²) < 4.78 is 29.4. The van der Waals surface area contributed by atoms with Crippen molar-refractivity contribution < 1.29 is 13.2 Å². The van der Waals surface area contributed by atoms with Crippen LogP contribution in [0.3, 0.4) is 0 Å². The minimum Gasteiger partial charge on any atom is -0.341 e. The van der Waals surface area contributed by atoms with Crippen LogP contribution in [-0.2, 0) is 21.4 Å². The van der Waals surface area contributed by atoms with E-state index in [-0.39, 0.29) is 23.4 Å². The van der Waals surface area contributed by atoms with Crippen LogP contribution in [0.5, 0.6) is 0 Å². The number of aromatic nitrogens is 2. The minimum absolute atomic E-state index is 0.00777. The third kappa shape index (κ3) is 4.16. The number of carbonyl (C=O) groups is 1. The number of thiazole rings is 1. The van der Waals surface area contributed by atoms with Crippen molar-refractivity contribution in [2.45, 2.75) is 51.1 Å². The summed E-state index contributed by atoms with van der Waals surface area (Å²) >= 11 is 1.44. The molecule has 0 aliphatic carbocycles. The van der Waals surface area contributed by atoms with Crippen molar-refractivity contribution in [3.63, 3.8) is 0 Å². The number of likely N-dealkylation sites (tertiary alicyclic amines) is 1. The van der Waals surface area contributed by atoms with Crippen LogP contribution in [-0.4, -0.2) is 47.9 Å². The van der Waals surface area contributed by atoms with Crippen LogP contribution in [0.25, 0.3) is 10.7 Å². The normalized spacial score (nSPS) is 15.2. The Balaban J connectivity index is 1.96. The topological polar surface area (TPSA) is 84.3 Å². The smallest absolute Gasteiger partial charge is 0.242 e. The molecule has 26 heavy (non-hydrogen) atoms. The maximum absolute atomic E-state index is 12.6. The highest BCUT2D eigenvalue weighted by molar-refractivity contribution is 7.89. The van der Waals surface area contributed by atoms with Gasteiger partial charge in [0.2, 0.25) is 15.9 Å². The van der Waals surface area contributed by atoms with Crippen molar-refractivity contribution in [3.8, 4) is 10.7 Å². The molecule has 7 nitrogen and oxygen atoms in total. The molecule has 3 heterocycles. The molecule has 0 spiro atoms. The van der Waals surface area contributed by atoms with Crippen LogP contribution >= 0.6 is 11.3 Å². The fourth-order valence-electron chi connectivity index (χ4n) is 3.00. The average molecular weight is 397 g/mol. The first-order chi connectivity index (χ1) is 12.3. The van der Waals surface area contributed by atoms with Gasteiger partial charge in [0.05, 0.1) is 5.69 Å². The Labute approximate surface area is 158 Å². The summed E-state index contributed by atoms with van der Waals surface area (Å²) in [5.41, 5.74) is 1.52. The number of sulfonamides is 1. The van der Waals surface area contributed by atoms with Crippen LogP contribution in [0.2, 0.25) is 0 Å². The molecule has 1 fully saturated rings. The van der Waals surface area contributed by atoms with E-state index in [1.54, 1.807) is 24.5 Å². The molecule has 0 bridgehead atoms. The highest BCUT2D eigenvalue weighted by Crippen LogP contribution is 2.28. The van der Waals surface area contributed by atoms with Gasteiger partial charge in [-0.1, -0.05) is 0 Å². The number of hydrogen-bond acceptors (Lipinski definition) is 5. The van der Waals surface area contributed by atoms with E-state index in [4.69, 9.17) is 0 Å². The van der Waals surface area contributed by atoms with Gasteiger partial charge in [0.15, 0.2) is 0 Å². The molecule has 1 saturated heterocycles. The maximum atomic E-state index is 12.6. The maximum Gasteiger partial charge on any atom is 0.242 e. The highest BCUT2D eigenvalue weighted by atomic mass is 32.2. The number of rotatable bonds is 6. The van der Waals surface area contributed by atoms with Crippen molar-refractivity contribution in [2.75, 3.05) is 13.1 Å². The first-order valence-corrected chi connectivity index (χ1v) is 11.1. The van der Waals surface area contributed by atoms with Gasteiger partial charge >= 0.3 is 0 Å². The molecular formula is C17H24N4O3S2. The van der Waals surface area contributed by atoms with Gasteiger partial charge < -0.3 is 9.47 Å². The lowest BCUT2D eigenvalue weighted by Crippen LogP contribution is -2.31. The Morgan fingerprint density at radius 2 is 2.04 bits per heavy atom. The van der Waals surface area contributed by atoms with E-state index < -0.39 is 10.0 Å². The summed E-state index contributed by atoms with van der Waals surface area (Å²) in [6, 6.07) is 1.39. The molecular weight excluding hydrogens is 372 g/mol. The fourth-order valence-corrected chi connectivity index (χ4v) is 5.12. The summed E-state index contributed by atoms with van der Waals surface area (Å²) in [7, 11) is -3.64. The molecule has 2 aromatic heterocycles. The fraction of sp³-hybridized carbons (Fsp3) is 0.529. The van der Waals surface area contributed by atoms with Gasteiger partial charge in [-0.25, -0.2) is 18.1 Å². The zero-order valence-electron chi connectivity index (χ0n) is 15.2. The summed E-state index contributed by atoms with van der Waals surface area (Å²) in [5.74, 6) is 0.00777. The van der Waals surface area contributed by atoms with Crippen LogP contribution < -0.4 is 4.72 Å². The van der Waals surface area contributed by atoms with Gasteiger partial charge in [0.1, 0.15) is 16.4 Å². The lowest BCUT2D eigenvalue weighted by molar-refractivity contribution is -0.130. The quantitative estimate of drug-likeness (QED) is 0.811. The standard InChI is InChI=1S/C17H24N4O3S2/c1-12(2)19-26(23,24)14-8-15(17-18-13(3)11-25-17)21(9-14)10-16(22)20-6-4-5-7-20/h8-9,11-12,19H,4-7,10H2,1-3H3. The van der Waals surface area contributed by atoms with Gasteiger partial charge in [-0.3, -0.25) is 4.79 Å². The minimum atomic E-state index is -3.64.